The minimum absolute atomic E-state index is 0.369. The summed E-state index contributed by atoms with van der Waals surface area (Å²) in [7, 11) is -3.66. The third-order valence-corrected chi connectivity index (χ3v) is 6.98. The van der Waals surface area contributed by atoms with Crippen molar-refractivity contribution in [3.8, 4) is 0 Å². The molecule has 0 unspecified atom stereocenters. The molecule has 3 rings (SSSR count). The summed E-state index contributed by atoms with van der Waals surface area (Å²) in [5, 5.41) is 3.43. The fourth-order valence-electron chi connectivity index (χ4n) is 3.08. The van der Waals surface area contributed by atoms with Crippen LogP contribution in [0.25, 0.3) is 0 Å². The molecule has 2 aromatic rings. The van der Waals surface area contributed by atoms with Gasteiger partial charge in [-0.3, -0.25) is 4.79 Å². The molecule has 28 heavy (non-hydrogen) atoms. The van der Waals surface area contributed by atoms with Crippen molar-refractivity contribution in [3.63, 3.8) is 0 Å². The van der Waals surface area contributed by atoms with E-state index in [0.29, 0.717) is 31.9 Å². The zero-order valence-corrected chi connectivity index (χ0v) is 17.6. The van der Waals surface area contributed by atoms with Gasteiger partial charge in [0.15, 0.2) is 0 Å². The van der Waals surface area contributed by atoms with Crippen LogP contribution in [-0.4, -0.2) is 61.8 Å². The van der Waals surface area contributed by atoms with Crippen molar-refractivity contribution < 1.29 is 13.2 Å². The number of carbonyl (C=O) groups is 1. The lowest BCUT2D eigenvalue weighted by atomic mass is 10.2. The Bertz CT molecular complexity index is 924. The number of pyridine rings is 1. The Hall–Kier alpha value is -2.10. The Morgan fingerprint density at radius 3 is 2.54 bits per heavy atom. The van der Waals surface area contributed by atoms with Gasteiger partial charge < -0.3 is 10.2 Å². The van der Waals surface area contributed by atoms with Crippen molar-refractivity contribution in [1.29, 1.82) is 0 Å². The minimum Gasteiger partial charge on any atom is -0.369 e. The van der Waals surface area contributed by atoms with Crippen LogP contribution in [0.3, 0.4) is 0 Å². The van der Waals surface area contributed by atoms with E-state index in [-0.39, 0.29) is 0 Å². The fourth-order valence-corrected chi connectivity index (χ4v) is 4.75. The Morgan fingerprint density at radius 1 is 1.18 bits per heavy atom. The highest BCUT2D eigenvalue weighted by molar-refractivity contribution is 7.98. The first kappa shape index (κ1) is 20.6. The Labute approximate surface area is 170 Å². The van der Waals surface area contributed by atoms with E-state index in [9.17, 15) is 13.2 Å². The first-order valence-corrected chi connectivity index (χ1v) is 11.8. The van der Waals surface area contributed by atoms with Gasteiger partial charge in [-0.1, -0.05) is 12.1 Å². The molecule has 1 aliphatic rings. The minimum atomic E-state index is -3.66. The van der Waals surface area contributed by atoms with Gasteiger partial charge in [-0.25, -0.2) is 13.4 Å². The number of aromatic nitrogens is 1. The smallest absolute Gasteiger partial charge is 0.241 e. The average Bonchev–Trinajstić information content (AvgIpc) is 2.68. The summed E-state index contributed by atoms with van der Waals surface area (Å²) >= 11 is 1.49. The number of anilines is 2. The number of rotatable bonds is 6. The standard InChI is InChI=1S/C19H24N4O3S2/c1-15-4-3-5-17(12-15)22-8-10-23(11-9-22)28(25,26)14-18(24)21-16-6-7-19(27-2)20-13-16/h3-7,12-13H,8-11,14H2,1-2H3,(H,21,24). The monoisotopic (exact) mass is 420 g/mol. The maximum atomic E-state index is 12.6. The van der Waals surface area contributed by atoms with Gasteiger partial charge in [0.05, 0.1) is 16.9 Å². The molecule has 0 bridgehead atoms. The molecule has 0 saturated carbocycles. The third kappa shape index (κ3) is 5.24. The summed E-state index contributed by atoms with van der Waals surface area (Å²) < 4.78 is 26.6. The van der Waals surface area contributed by atoms with Crippen molar-refractivity contribution in [3.05, 3.63) is 48.2 Å². The van der Waals surface area contributed by atoms with Crippen molar-refractivity contribution in [2.24, 2.45) is 0 Å². The fraction of sp³-hybridized carbons (Fsp3) is 0.368. The number of carbonyl (C=O) groups excluding carboxylic acids is 1. The molecule has 1 N–H and O–H groups in total. The lowest BCUT2D eigenvalue weighted by Crippen LogP contribution is -2.50. The zero-order chi connectivity index (χ0) is 20.1. The average molecular weight is 421 g/mol. The first-order valence-electron chi connectivity index (χ1n) is 8.97. The van der Waals surface area contributed by atoms with E-state index in [1.165, 1.54) is 27.8 Å². The highest BCUT2D eigenvalue weighted by atomic mass is 32.2. The van der Waals surface area contributed by atoms with Gasteiger partial charge in [-0.05, 0) is 43.0 Å². The topological polar surface area (TPSA) is 82.6 Å². The number of nitrogens with zero attached hydrogens (tertiary/aromatic N) is 3. The molecule has 1 saturated heterocycles. The van der Waals surface area contributed by atoms with Crippen LogP contribution in [0.2, 0.25) is 0 Å². The van der Waals surface area contributed by atoms with E-state index in [1.54, 1.807) is 12.1 Å². The van der Waals surface area contributed by atoms with Crippen molar-refractivity contribution >= 4 is 39.1 Å². The van der Waals surface area contributed by atoms with Crippen LogP contribution in [0.5, 0.6) is 0 Å². The lowest BCUT2D eigenvalue weighted by molar-refractivity contribution is -0.113. The molecular weight excluding hydrogens is 396 g/mol. The second-order valence-electron chi connectivity index (χ2n) is 6.62. The maximum absolute atomic E-state index is 12.6. The van der Waals surface area contributed by atoms with E-state index in [2.05, 4.69) is 21.3 Å². The predicted octanol–water partition coefficient (Wildman–Crippen LogP) is 2.20. The molecule has 7 nitrogen and oxygen atoms in total. The van der Waals surface area contributed by atoms with Gasteiger partial charge in [0.25, 0.3) is 0 Å². The Balaban J connectivity index is 1.55. The normalized spacial score (nSPS) is 15.4. The molecule has 150 valence electrons. The molecule has 0 atom stereocenters. The molecule has 0 aliphatic carbocycles. The number of hydrogen-bond donors (Lipinski definition) is 1. The highest BCUT2D eigenvalue weighted by Crippen LogP contribution is 2.19. The highest BCUT2D eigenvalue weighted by Gasteiger charge is 2.29. The number of hydrogen-bond acceptors (Lipinski definition) is 6. The molecule has 1 aromatic heterocycles. The predicted molar refractivity (Wildman–Crippen MR) is 113 cm³/mol. The van der Waals surface area contributed by atoms with Gasteiger partial charge >= 0.3 is 0 Å². The number of thioether (sulfide) groups is 1. The van der Waals surface area contributed by atoms with Crippen LogP contribution in [-0.2, 0) is 14.8 Å². The number of aryl methyl sites for hydroxylation is 1. The van der Waals surface area contributed by atoms with E-state index in [4.69, 9.17) is 0 Å². The second kappa shape index (κ2) is 8.93. The molecule has 2 heterocycles. The molecule has 1 aliphatic heterocycles. The number of sulfonamides is 1. The third-order valence-electron chi connectivity index (χ3n) is 4.54. The molecule has 9 heteroatoms. The van der Waals surface area contributed by atoms with Crippen LogP contribution < -0.4 is 10.2 Å². The molecule has 1 amide bonds. The number of benzene rings is 1. The molecule has 1 aromatic carbocycles. The van der Waals surface area contributed by atoms with Crippen LogP contribution in [0, 0.1) is 6.92 Å². The van der Waals surface area contributed by atoms with Gasteiger partial charge in [-0.15, -0.1) is 11.8 Å². The number of piperazine rings is 1. The van der Waals surface area contributed by atoms with Gasteiger partial charge in [0, 0.05) is 31.9 Å². The molecule has 0 radical (unpaired) electrons. The Morgan fingerprint density at radius 2 is 1.93 bits per heavy atom. The maximum Gasteiger partial charge on any atom is 0.241 e. The molecular formula is C19H24N4O3S2. The quantitative estimate of drug-likeness (QED) is 0.722. The second-order valence-corrected chi connectivity index (χ2v) is 9.41. The number of nitrogens with one attached hydrogen (secondary N) is 1. The Kier molecular flexibility index (Phi) is 6.58. The largest absolute Gasteiger partial charge is 0.369 e. The van der Waals surface area contributed by atoms with Crippen molar-refractivity contribution in [1.82, 2.24) is 9.29 Å². The summed E-state index contributed by atoms with van der Waals surface area (Å²) in [5.41, 5.74) is 2.75. The van der Waals surface area contributed by atoms with Crippen molar-refractivity contribution in [2.45, 2.75) is 11.9 Å². The van der Waals surface area contributed by atoms with E-state index in [0.717, 1.165) is 10.7 Å². The van der Waals surface area contributed by atoms with Crippen LogP contribution >= 0.6 is 11.8 Å². The van der Waals surface area contributed by atoms with Crippen molar-refractivity contribution in [2.75, 3.05) is 48.4 Å². The van der Waals surface area contributed by atoms with Gasteiger partial charge in [0.1, 0.15) is 5.75 Å². The molecule has 1 fully saturated rings. The first-order chi connectivity index (χ1) is 13.4. The van der Waals surface area contributed by atoms with E-state index >= 15 is 0 Å². The summed E-state index contributed by atoms with van der Waals surface area (Å²) in [5.74, 6) is -1.12. The summed E-state index contributed by atoms with van der Waals surface area (Å²) in [4.78, 5) is 18.5. The summed E-state index contributed by atoms with van der Waals surface area (Å²) in [6.45, 7) is 3.97. The molecule has 0 spiro atoms. The SMILES string of the molecule is CSc1ccc(NC(=O)CS(=O)(=O)N2CCN(c3cccc(C)c3)CC2)cn1. The zero-order valence-electron chi connectivity index (χ0n) is 16.0. The van der Waals surface area contributed by atoms with Gasteiger partial charge in [-0.2, -0.15) is 4.31 Å². The summed E-state index contributed by atoms with van der Waals surface area (Å²) in [6, 6.07) is 11.6. The van der Waals surface area contributed by atoms with Crippen LogP contribution in [0.4, 0.5) is 11.4 Å². The summed E-state index contributed by atoms with van der Waals surface area (Å²) in [6.07, 6.45) is 3.43. The van der Waals surface area contributed by atoms with Crippen LogP contribution in [0.15, 0.2) is 47.6 Å². The van der Waals surface area contributed by atoms with Gasteiger partial charge in [0.2, 0.25) is 15.9 Å². The lowest BCUT2D eigenvalue weighted by Gasteiger charge is -2.35. The van der Waals surface area contributed by atoms with Crippen LogP contribution in [0.1, 0.15) is 5.56 Å². The van der Waals surface area contributed by atoms with E-state index < -0.39 is 21.7 Å². The van der Waals surface area contributed by atoms with E-state index in [1.807, 2.05) is 31.4 Å². The number of amides is 1.